The van der Waals surface area contributed by atoms with Crippen LogP contribution in [0.5, 0.6) is 0 Å². The van der Waals surface area contributed by atoms with Gasteiger partial charge < -0.3 is 0 Å². The molecule has 0 N–H and O–H groups in total. The van der Waals surface area contributed by atoms with Gasteiger partial charge in [0.15, 0.2) is 0 Å². The maximum Gasteiger partial charge on any atom is 0.235 e. The van der Waals surface area contributed by atoms with E-state index in [1.54, 1.807) is 0 Å². The predicted octanol–water partition coefficient (Wildman–Crippen LogP) is 26.1. The molecule has 6 aliphatic rings. The molecule has 0 fully saturated rings. The van der Waals surface area contributed by atoms with Gasteiger partial charge in [0.25, 0.3) is 0 Å². The lowest BCUT2D eigenvalue weighted by molar-refractivity contribution is 0.586. The summed E-state index contributed by atoms with van der Waals surface area (Å²) in [5.74, 6) is 0. The number of anilines is 6. The van der Waals surface area contributed by atoms with Gasteiger partial charge in [-0.15, -0.1) is 0 Å². The summed E-state index contributed by atoms with van der Waals surface area (Å²) >= 11 is 0. The number of nitrogens with zero attached hydrogens (tertiary/aromatic N) is 3. The van der Waals surface area contributed by atoms with E-state index in [1.807, 2.05) is 78.9 Å². The Kier molecular flexibility index (Phi) is 15.4. The van der Waals surface area contributed by atoms with Crippen molar-refractivity contribution in [3.63, 3.8) is 0 Å². The number of hydrogen-bond donors (Lipinski definition) is 0. The maximum absolute atomic E-state index is 15.8. The first-order valence-corrected chi connectivity index (χ1v) is 43.3. The molecule has 3 unspecified atom stereocenters. The van der Waals surface area contributed by atoms with Gasteiger partial charge in [-0.2, -0.15) is 0 Å². The Morgan fingerprint density at radius 3 is 0.832 bits per heavy atom. The normalized spacial score (nSPS) is 16.7. The molecule has 532 valence electrons. The first kappa shape index (κ1) is 66.5. The third-order valence-electron chi connectivity index (χ3n) is 23.6. The summed E-state index contributed by atoms with van der Waals surface area (Å²) in [4.78, 5) is 0. The van der Waals surface area contributed by atoms with E-state index in [1.165, 1.54) is 32.7 Å². The van der Waals surface area contributed by atoms with Crippen molar-refractivity contribution in [2.45, 2.75) is 0 Å². The molecule has 9 heteroatoms. The molecular formula is C104H68N3O3P3. The van der Waals surface area contributed by atoms with Crippen molar-refractivity contribution >= 4 is 109 Å². The van der Waals surface area contributed by atoms with Gasteiger partial charge in [0.05, 0.1) is 34.1 Å². The Morgan fingerprint density at radius 1 is 0.150 bits per heavy atom. The minimum atomic E-state index is -3.24. The number of para-hydroxylation sites is 6. The number of hydrogen-bond acceptors (Lipinski definition) is 3. The highest BCUT2D eigenvalue weighted by Crippen LogP contribution is 2.69. The molecule has 18 aromatic carbocycles. The highest BCUT2D eigenvalue weighted by atomic mass is 31.2. The summed E-state index contributed by atoms with van der Waals surface area (Å²) in [6.45, 7) is 0. The van der Waals surface area contributed by atoms with Crippen LogP contribution in [-0.2, 0) is 13.7 Å². The van der Waals surface area contributed by atoms with E-state index in [2.05, 4.69) is 348 Å². The topological polar surface area (TPSA) is 60.9 Å². The molecular weight excluding hydrogens is 1430 g/mol. The molecule has 6 heterocycles. The molecule has 0 saturated heterocycles. The maximum atomic E-state index is 15.8. The van der Waals surface area contributed by atoms with Gasteiger partial charge in [0.1, 0.15) is 0 Å². The van der Waals surface area contributed by atoms with E-state index in [-0.39, 0.29) is 0 Å². The van der Waals surface area contributed by atoms with Gasteiger partial charge in [-0.3, -0.25) is 27.7 Å². The summed E-state index contributed by atoms with van der Waals surface area (Å²) in [6.07, 6.45) is 0. The molecule has 113 heavy (non-hydrogen) atoms. The van der Waals surface area contributed by atoms with Crippen LogP contribution in [0.1, 0.15) is 0 Å². The Labute approximate surface area is 656 Å². The average Bonchev–Trinajstić information content (AvgIpc) is 0.698. The molecule has 0 saturated carbocycles. The molecule has 0 bridgehead atoms. The first-order valence-electron chi connectivity index (χ1n) is 38.4. The van der Waals surface area contributed by atoms with Gasteiger partial charge >= 0.3 is 0 Å². The second-order valence-corrected chi connectivity index (χ2v) is 37.1. The van der Waals surface area contributed by atoms with Crippen LogP contribution in [0.15, 0.2) is 413 Å². The smallest absolute Gasteiger partial charge is 0.235 e. The van der Waals surface area contributed by atoms with Crippen molar-refractivity contribution in [2.75, 3.05) is 14.0 Å². The van der Waals surface area contributed by atoms with Crippen LogP contribution >= 0.6 is 21.9 Å². The molecule has 0 aliphatic carbocycles. The van der Waals surface area contributed by atoms with E-state index in [0.29, 0.717) is 0 Å². The van der Waals surface area contributed by atoms with E-state index in [9.17, 15) is 0 Å². The zero-order valence-corrected chi connectivity index (χ0v) is 63.9. The molecule has 0 radical (unpaired) electrons. The van der Waals surface area contributed by atoms with Gasteiger partial charge in [0, 0.05) is 65.2 Å². The van der Waals surface area contributed by atoms with E-state index >= 15 is 13.7 Å². The Morgan fingerprint density at radius 2 is 0.407 bits per heavy atom. The molecule has 0 aromatic heterocycles. The second kappa shape index (κ2) is 26.1. The molecule has 0 amide bonds. The minimum absolute atomic E-state index is 0.896. The molecule has 0 spiro atoms. The molecule has 24 rings (SSSR count). The standard InChI is InChI=1S/C36H24NOP.2C34H22NOP/c38-39-35-17-9-6-14-31(35)29-12-4-7-15-33(29)37(39)34-16-8-5-13-30(34)32-23-22-28(24-36(32)39)27-20-18-26(19-21-27)25-10-2-1-3-11-25;36-37-33-19-8-5-15-29(33)27-13-3-6-17-31(27)35(37)32-18-7-4-14-28(32)30-21-20-24(22-34(30)37)26-16-9-11-23-10-1-2-12-25(23)26;36-37-33-16-8-5-13-29(33)27-11-3-6-14-31(27)35(37)32-15-7-4-12-28(32)30-20-19-26(22-34(30)37)25-18-17-23-9-1-2-10-24(23)21-25/h1-24H;2*1-22H. The zero-order chi connectivity index (χ0) is 75.1. The van der Waals surface area contributed by atoms with Crippen molar-refractivity contribution in [1.29, 1.82) is 0 Å². The van der Waals surface area contributed by atoms with Gasteiger partial charge in [-0.05, 0) is 178 Å². The van der Waals surface area contributed by atoms with Crippen LogP contribution in [0.3, 0.4) is 0 Å². The Bertz CT molecular complexity index is 7160. The Balaban J connectivity index is 0.000000104. The van der Waals surface area contributed by atoms with E-state index in [4.69, 9.17) is 0 Å². The molecule has 18 aromatic rings. The van der Waals surface area contributed by atoms with Crippen molar-refractivity contribution in [3.05, 3.63) is 413 Å². The summed E-state index contributed by atoms with van der Waals surface area (Å²) in [5.41, 5.74) is 28.0. The zero-order valence-electron chi connectivity index (χ0n) is 61.2. The molecule has 6 nitrogen and oxygen atoms in total. The summed E-state index contributed by atoms with van der Waals surface area (Å²) in [5, 5.41) is 10.2. The van der Waals surface area contributed by atoms with Crippen LogP contribution in [0.4, 0.5) is 34.1 Å². The van der Waals surface area contributed by atoms with Crippen LogP contribution in [0, 0.1) is 0 Å². The first-order chi connectivity index (χ1) is 55.7. The highest BCUT2D eigenvalue weighted by molar-refractivity contribution is 7.82. The van der Waals surface area contributed by atoms with Crippen LogP contribution in [-0.4, -0.2) is 0 Å². The fourth-order valence-corrected chi connectivity index (χ4v) is 28.3. The van der Waals surface area contributed by atoms with Crippen LogP contribution in [0.25, 0.3) is 133 Å². The predicted molar refractivity (Wildman–Crippen MR) is 475 cm³/mol. The fourth-order valence-electron chi connectivity index (χ4n) is 18.4. The third kappa shape index (κ3) is 10.1. The van der Waals surface area contributed by atoms with Gasteiger partial charge in [-0.1, -0.05) is 334 Å². The third-order valence-corrected chi connectivity index (χ3v) is 32.7. The number of benzene rings is 18. The second-order valence-electron chi connectivity index (χ2n) is 29.5. The highest BCUT2D eigenvalue weighted by Gasteiger charge is 2.51. The monoisotopic (exact) mass is 1500 g/mol. The largest absolute Gasteiger partial charge is 0.289 e. The average molecular weight is 1500 g/mol. The lowest BCUT2D eigenvalue weighted by atomic mass is 9.95. The number of fused-ring (bicyclic) bond motifs is 35. The fraction of sp³-hybridized carbons (Fsp3) is 0. The summed E-state index contributed by atoms with van der Waals surface area (Å²) in [7, 11) is -9.69. The van der Waals surface area contributed by atoms with Crippen molar-refractivity contribution in [1.82, 2.24) is 0 Å². The van der Waals surface area contributed by atoms with Crippen LogP contribution < -0.4 is 45.8 Å². The van der Waals surface area contributed by atoms with Crippen LogP contribution in [0.2, 0.25) is 0 Å². The summed E-state index contributed by atoms with van der Waals surface area (Å²) in [6, 6.07) is 143. The van der Waals surface area contributed by atoms with Crippen molar-refractivity contribution in [2.24, 2.45) is 0 Å². The number of rotatable bonds is 4. The van der Waals surface area contributed by atoms with Crippen molar-refractivity contribution in [3.8, 4) is 111 Å². The minimum Gasteiger partial charge on any atom is -0.289 e. The lowest BCUT2D eigenvalue weighted by Gasteiger charge is -2.44. The van der Waals surface area contributed by atoms with Gasteiger partial charge in [-0.25, -0.2) is 0 Å². The van der Waals surface area contributed by atoms with Crippen molar-refractivity contribution < 1.29 is 13.7 Å². The van der Waals surface area contributed by atoms with E-state index < -0.39 is 21.9 Å². The summed E-state index contributed by atoms with van der Waals surface area (Å²) < 4.78 is 53.6. The molecule has 3 atom stereocenters. The van der Waals surface area contributed by atoms with E-state index in [0.717, 1.165) is 166 Å². The van der Waals surface area contributed by atoms with Gasteiger partial charge in [0.2, 0.25) is 21.9 Å². The lowest BCUT2D eigenvalue weighted by Crippen LogP contribution is -2.37. The molecule has 6 aliphatic heterocycles. The SMILES string of the molecule is O=P12c3ccccc3-c3ccccc3N1c1ccccc1-c1ccc(-c3ccc(-c4ccccc4)cc3)cc12.O=P12c3ccccc3-c3ccccc3N1c1ccccc1-c1ccc(-c3ccc4ccccc4c3)cc12.O=P12c3ccccc3-c3ccccc3N1c1ccccc1-c1ccc(-c3cccc4ccccc34)cc12. The Hall–Kier alpha value is -13.4. The quantitative estimate of drug-likeness (QED) is 0.164.